The van der Waals surface area contributed by atoms with Gasteiger partial charge in [0, 0.05) is 10.2 Å². The van der Waals surface area contributed by atoms with Crippen LogP contribution in [0.25, 0.3) is 0 Å². The minimum absolute atomic E-state index is 0.215. The fourth-order valence-corrected chi connectivity index (χ4v) is 2.00. The van der Waals surface area contributed by atoms with Crippen molar-refractivity contribution in [2.24, 2.45) is 5.73 Å². The zero-order valence-corrected chi connectivity index (χ0v) is 12.1. The zero-order chi connectivity index (χ0) is 13.8. The maximum Gasteiger partial charge on any atom is 0.245 e. The molecular formula is C15H15BrN2O. The summed E-state index contributed by atoms with van der Waals surface area (Å²) in [6.45, 7) is 1.97. The molecule has 0 aliphatic rings. The van der Waals surface area contributed by atoms with Gasteiger partial charge in [0.25, 0.3) is 0 Å². The molecule has 0 saturated heterocycles. The number of rotatable bonds is 3. The lowest BCUT2D eigenvalue weighted by Gasteiger charge is -2.13. The molecule has 98 valence electrons. The van der Waals surface area contributed by atoms with Gasteiger partial charge in [-0.15, -0.1) is 0 Å². The van der Waals surface area contributed by atoms with Crippen molar-refractivity contribution in [3.05, 3.63) is 64.1 Å². The smallest absolute Gasteiger partial charge is 0.245 e. The van der Waals surface area contributed by atoms with Crippen molar-refractivity contribution >= 4 is 27.5 Å². The van der Waals surface area contributed by atoms with E-state index < -0.39 is 6.04 Å². The van der Waals surface area contributed by atoms with Crippen LogP contribution in [0.1, 0.15) is 17.2 Å². The third-order valence-corrected chi connectivity index (χ3v) is 3.76. The molecule has 0 unspecified atom stereocenters. The Morgan fingerprint density at radius 1 is 1.21 bits per heavy atom. The van der Waals surface area contributed by atoms with Gasteiger partial charge in [-0.3, -0.25) is 4.79 Å². The van der Waals surface area contributed by atoms with Gasteiger partial charge in [0.1, 0.15) is 6.04 Å². The molecule has 3 nitrogen and oxygen atoms in total. The molecule has 0 saturated carbocycles. The molecule has 1 atom stereocenters. The Hall–Kier alpha value is -1.65. The highest BCUT2D eigenvalue weighted by atomic mass is 79.9. The molecule has 0 aliphatic carbocycles. The predicted octanol–water partition coefficient (Wildman–Crippen LogP) is 3.40. The largest absolute Gasteiger partial charge is 0.324 e. The molecule has 0 aromatic heterocycles. The number of aryl methyl sites for hydroxylation is 1. The Balaban J connectivity index is 2.10. The number of nitrogens with one attached hydrogen (secondary N) is 1. The molecule has 0 aliphatic heterocycles. The molecule has 0 spiro atoms. The van der Waals surface area contributed by atoms with Crippen molar-refractivity contribution in [3.8, 4) is 0 Å². The molecule has 1 amide bonds. The average Bonchev–Trinajstić information content (AvgIpc) is 2.43. The second-order valence-electron chi connectivity index (χ2n) is 4.34. The lowest BCUT2D eigenvalue weighted by atomic mass is 10.1. The summed E-state index contributed by atoms with van der Waals surface area (Å²) in [6, 6.07) is 14.3. The second-order valence-corrected chi connectivity index (χ2v) is 5.20. The first kappa shape index (κ1) is 13.8. The van der Waals surface area contributed by atoms with Gasteiger partial charge in [-0.25, -0.2) is 0 Å². The highest BCUT2D eigenvalue weighted by Gasteiger charge is 2.15. The van der Waals surface area contributed by atoms with Gasteiger partial charge >= 0.3 is 0 Å². The summed E-state index contributed by atoms with van der Waals surface area (Å²) in [5.74, 6) is -0.215. The Morgan fingerprint density at radius 3 is 2.53 bits per heavy atom. The van der Waals surface area contributed by atoms with Crippen LogP contribution >= 0.6 is 15.9 Å². The van der Waals surface area contributed by atoms with E-state index in [4.69, 9.17) is 5.73 Å². The Bertz CT molecular complexity index is 584. The molecule has 4 heteroatoms. The monoisotopic (exact) mass is 318 g/mol. The second kappa shape index (κ2) is 5.99. The summed E-state index contributed by atoms with van der Waals surface area (Å²) >= 11 is 3.42. The average molecular weight is 319 g/mol. The summed E-state index contributed by atoms with van der Waals surface area (Å²) in [6.07, 6.45) is 0. The number of amides is 1. The van der Waals surface area contributed by atoms with Crippen LogP contribution in [0.5, 0.6) is 0 Å². The minimum Gasteiger partial charge on any atom is -0.324 e. The third kappa shape index (κ3) is 3.43. The molecule has 0 bridgehead atoms. The summed E-state index contributed by atoms with van der Waals surface area (Å²) < 4.78 is 1.01. The van der Waals surface area contributed by atoms with Crippen molar-refractivity contribution in [1.29, 1.82) is 0 Å². The Kier molecular flexibility index (Phi) is 4.35. The Labute approximate surface area is 121 Å². The third-order valence-electron chi connectivity index (χ3n) is 2.87. The lowest BCUT2D eigenvalue weighted by molar-refractivity contribution is -0.117. The van der Waals surface area contributed by atoms with Crippen molar-refractivity contribution in [3.63, 3.8) is 0 Å². The summed E-state index contributed by atoms with van der Waals surface area (Å²) in [7, 11) is 0. The highest BCUT2D eigenvalue weighted by Crippen LogP contribution is 2.21. The number of halogens is 1. The number of benzene rings is 2. The van der Waals surface area contributed by atoms with Gasteiger partial charge in [-0.1, -0.05) is 46.3 Å². The van der Waals surface area contributed by atoms with Crippen LogP contribution in [0.3, 0.4) is 0 Å². The fourth-order valence-electron chi connectivity index (χ4n) is 1.75. The van der Waals surface area contributed by atoms with E-state index in [0.29, 0.717) is 0 Å². The van der Waals surface area contributed by atoms with Crippen LogP contribution in [0, 0.1) is 6.92 Å². The van der Waals surface area contributed by atoms with E-state index >= 15 is 0 Å². The molecular weight excluding hydrogens is 304 g/mol. The minimum atomic E-state index is -0.662. The normalized spacial score (nSPS) is 11.9. The summed E-state index contributed by atoms with van der Waals surface area (Å²) in [4.78, 5) is 12.1. The van der Waals surface area contributed by atoms with E-state index in [1.165, 1.54) is 0 Å². The maximum absolute atomic E-state index is 12.1. The first-order valence-corrected chi connectivity index (χ1v) is 6.75. The topological polar surface area (TPSA) is 55.1 Å². The van der Waals surface area contributed by atoms with Crippen molar-refractivity contribution in [1.82, 2.24) is 0 Å². The lowest BCUT2D eigenvalue weighted by Crippen LogP contribution is -2.27. The number of hydrogen-bond donors (Lipinski definition) is 2. The Morgan fingerprint density at radius 2 is 1.89 bits per heavy atom. The first-order chi connectivity index (χ1) is 9.08. The SMILES string of the molecule is Cc1cc(NC(=O)[C@@H](N)c2ccccc2)ccc1Br. The molecule has 2 aromatic carbocycles. The molecule has 0 heterocycles. The number of nitrogens with two attached hydrogens (primary N) is 1. The van der Waals surface area contributed by atoms with E-state index in [2.05, 4.69) is 21.2 Å². The van der Waals surface area contributed by atoms with E-state index in [1.54, 1.807) is 0 Å². The summed E-state index contributed by atoms with van der Waals surface area (Å²) in [5, 5.41) is 2.82. The molecule has 3 N–H and O–H groups in total. The van der Waals surface area contributed by atoms with E-state index in [1.807, 2.05) is 55.5 Å². The molecule has 2 aromatic rings. The van der Waals surface area contributed by atoms with Crippen molar-refractivity contribution in [2.45, 2.75) is 13.0 Å². The molecule has 2 rings (SSSR count). The number of carbonyl (C=O) groups is 1. The van der Waals surface area contributed by atoms with Crippen LogP contribution < -0.4 is 11.1 Å². The zero-order valence-electron chi connectivity index (χ0n) is 10.6. The predicted molar refractivity (Wildman–Crippen MR) is 80.9 cm³/mol. The van der Waals surface area contributed by atoms with Gasteiger partial charge in [0.05, 0.1) is 0 Å². The molecule has 19 heavy (non-hydrogen) atoms. The molecule has 0 radical (unpaired) electrons. The number of carbonyl (C=O) groups excluding carboxylic acids is 1. The number of hydrogen-bond acceptors (Lipinski definition) is 2. The van der Waals surface area contributed by atoms with Gasteiger partial charge in [0.15, 0.2) is 0 Å². The summed E-state index contributed by atoms with van der Waals surface area (Å²) in [5.41, 5.74) is 8.54. The van der Waals surface area contributed by atoms with Gasteiger partial charge in [0.2, 0.25) is 5.91 Å². The van der Waals surface area contributed by atoms with Crippen molar-refractivity contribution < 1.29 is 4.79 Å². The van der Waals surface area contributed by atoms with Crippen LogP contribution in [0.4, 0.5) is 5.69 Å². The standard InChI is InChI=1S/C15H15BrN2O/c1-10-9-12(7-8-13(10)16)18-15(19)14(17)11-5-3-2-4-6-11/h2-9,14H,17H2,1H3,(H,18,19)/t14-/m0/s1. The fraction of sp³-hybridized carbons (Fsp3) is 0.133. The van der Waals surface area contributed by atoms with Gasteiger partial charge in [-0.2, -0.15) is 0 Å². The van der Waals surface area contributed by atoms with E-state index in [-0.39, 0.29) is 5.91 Å². The van der Waals surface area contributed by atoms with Crippen LogP contribution in [-0.4, -0.2) is 5.91 Å². The van der Waals surface area contributed by atoms with E-state index in [9.17, 15) is 4.79 Å². The van der Waals surface area contributed by atoms with Crippen LogP contribution in [0.15, 0.2) is 53.0 Å². The van der Waals surface area contributed by atoms with Crippen LogP contribution in [-0.2, 0) is 4.79 Å². The van der Waals surface area contributed by atoms with E-state index in [0.717, 1.165) is 21.3 Å². The number of anilines is 1. The van der Waals surface area contributed by atoms with Gasteiger partial charge < -0.3 is 11.1 Å². The van der Waals surface area contributed by atoms with Crippen molar-refractivity contribution in [2.75, 3.05) is 5.32 Å². The quantitative estimate of drug-likeness (QED) is 0.911. The highest BCUT2D eigenvalue weighted by molar-refractivity contribution is 9.10. The van der Waals surface area contributed by atoms with Gasteiger partial charge in [-0.05, 0) is 36.2 Å². The maximum atomic E-state index is 12.1. The van der Waals surface area contributed by atoms with Crippen LogP contribution in [0.2, 0.25) is 0 Å². The molecule has 0 fully saturated rings. The first-order valence-electron chi connectivity index (χ1n) is 5.95.